The van der Waals surface area contributed by atoms with Gasteiger partial charge in [0.05, 0.1) is 16.9 Å². The van der Waals surface area contributed by atoms with Gasteiger partial charge >= 0.3 is 0 Å². The minimum absolute atomic E-state index is 0.143. The van der Waals surface area contributed by atoms with E-state index >= 15 is 0 Å². The van der Waals surface area contributed by atoms with Crippen molar-refractivity contribution in [3.63, 3.8) is 0 Å². The van der Waals surface area contributed by atoms with Gasteiger partial charge in [0.25, 0.3) is 0 Å². The molecular weight excluding hydrogens is 334 g/mol. The van der Waals surface area contributed by atoms with Crippen LogP contribution in [0.5, 0.6) is 0 Å². The zero-order valence-electron chi connectivity index (χ0n) is 16.2. The summed E-state index contributed by atoms with van der Waals surface area (Å²) >= 11 is 0. The zero-order valence-corrected chi connectivity index (χ0v) is 16.2. The van der Waals surface area contributed by atoms with Gasteiger partial charge in [0.15, 0.2) is 0 Å². The minimum Gasteiger partial charge on any atom is -0.372 e. The molecule has 1 aromatic carbocycles. The maximum Gasteiger partial charge on any atom is 0.0742 e. The van der Waals surface area contributed by atoms with E-state index in [9.17, 15) is 0 Å². The van der Waals surface area contributed by atoms with Gasteiger partial charge in [-0.15, -0.1) is 0 Å². The van der Waals surface area contributed by atoms with Gasteiger partial charge in [-0.25, -0.2) is 0 Å². The summed E-state index contributed by atoms with van der Waals surface area (Å²) in [4.78, 5) is 11.8. The summed E-state index contributed by atoms with van der Waals surface area (Å²) in [6, 6.07) is 14.4. The van der Waals surface area contributed by atoms with Gasteiger partial charge in [-0.05, 0) is 63.6 Å². The average Bonchev–Trinajstić information content (AvgIpc) is 2.72. The van der Waals surface area contributed by atoms with Crippen LogP contribution < -0.4 is 16.4 Å². The van der Waals surface area contributed by atoms with Crippen molar-refractivity contribution in [2.45, 2.75) is 32.7 Å². The lowest BCUT2D eigenvalue weighted by Gasteiger charge is -2.21. The van der Waals surface area contributed by atoms with E-state index in [0.29, 0.717) is 6.54 Å². The summed E-state index contributed by atoms with van der Waals surface area (Å²) in [5, 5.41) is 1.02. The SMILES string of the molecule is CCN(CC)c1ccc(-c2cc3ncccc3c(C(N)CCCN)n2)cc1. The molecule has 1 atom stereocenters. The Bertz CT molecular complexity index is 872. The molecule has 0 fully saturated rings. The van der Waals surface area contributed by atoms with E-state index in [2.05, 4.69) is 48.0 Å². The first-order valence-electron chi connectivity index (χ1n) is 9.74. The fourth-order valence-corrected chi connectivity index (χ4v) is 3.44. The normalized spacial score (nSPS) is 12.3. The van der Waals surface area contributed by atoms with Crippen LogP contribution in [0.1, 0.15) is 38.4 Å². The summed E-state index contributed by atoms with van der Waals surface area (Å²) in [6.45, 7) is 6.96. The molecule has 0 bridgehead atoms. The second kappa shape index (κ2) is 8.93. The van der Waals surface area contributed by atoms with E-state index in [0.717, 1.165) is 53.8 Å². The summed E-state index contributed by atoms with van der Waals surface area (Å²) in [5.74, 6) is 0. The molecule has 0 radical (unpaired) electrons. The van der Waals surface area contributed by atoms with Crippen molar-refractivity contribution in [1.82, 2.24) is 9.97 Å². The first-order chi connectivity index (χ1) is 13.2. The number of nitrogens with zero attached hydrogens (tertiary/aromatic N) is 3. The fraction of sp³-hybridized carbons (Fsp3) is 0.364. The molecule has 1 unspecified atom stereocenters. The predicted molar refractivity (Wildman–Crippen MR) is 114 cm³/mol. The monoisotopic (exact) mass is 363 g/mol. The number of nitrogens with two attached hydrogens (primary N) is 2. The zero-order chi connectivity index (χ0) is 19.2. The number of rotatable bonds is 8. The molecular formula is C22H29N5. The molecule has 4 N–H and O–H groups in total. The highest BCUT2D eigenvalue weighted by molar-refractivity contribution is 5.85. The van der Waals surface area contributed by atoms with Crippen LogP contribution in [0, 0.1) is 0 Å². The number of benzene rings is 1. The Morgan fingerprint density at radius 1 is 1.07 bits per heavy atom. The molecule has 3 rings (SSSR count). The van der Waals surface area contributed by atoms with Gasteiger partial charge in [0.2, 0.25) is 0 Å². The number of pyridine rings is 2. The van der Waals surface area contributed by atoms with Gasteiger partial charge in [-0.3, -0.25) is 9.97 Å². The number of anilines is 1. The van der Waals surface area contributed by atoms with Crippen LogP contribution in [0.15, 0.2) is 48.7 Å². The summed E-state index contributed by atoms with van der Waals surface area (Å²) in [7, 11) is 0. The Kier molecular flexibility index (Phi) is 6.37. The summed E-state index contributed by atoms with van der Waals surface area (Å²) < 4.78 is 0. The van der Waals surface area contributed by atoms with E-state index in [1.807, 2.05) is 24.4 Å². The van der Waals surface area contributed by atoms with E-state index < -0.39 is 0 Å². The molecule has 142 valence electrons. The van der Waals surface area contributed by atoms with Gasteiger partial charge in [0, 0.05) is 42.0 Å². The summed E-state index contributed by atoms with van der Waals surface area (Å²) in [5.41, 5.74) is 17.1. The second-order valence-corrected chi connectivity index (χ2v) is 6.72. The molecule has 0 aliphatic carbocycles. The molecule has 2 aromatic heterocycles. The highest BCUT2D eigenvalue weighted by Gasteiger charge is 2.15. The molecule has 0 aliphatic heterocycles. The molecule has 5 heteroatoms. The Morgan fingerprint density at radius 3 is 2.48 bits per heavy atom. The van der Waals surface area contributed by atoms with Crippen LogP contribution in [0.2, 0.25) is 0 Å². The van der Waals surface area contributed by atoms with Crippen LogP contribution in [-0.4, -0.2) is 29.6 Å². The van der Waals surface area contributed by atoms with Crippen LogP contribution in [-0.2, 0) is 0 Å². The third-order valence-electron chi connectivity index (χ3n) is 4.99. The highest BCUT2D eigenvalue weighted by atomic mass is 15.1. The molecule has 5 nitrogen and oxygen atoms in total. The lowest BCUT2D eigenvalue weighted by Crippen LogP contribution is -2.21. The van der Waals surface area contributed by atoms with Crippen molar-refractivity contribution >= 4 is 16.6 Å². The van der Waals surface area contributed by atoms with Crippen molar-refractivity contribution in [1.29, 1.82) is 0 Å². The lowest BCUT2D eigenvalue weighted by molar-refractivity contribution is 0.608. The van der Waals surface area contributed by atoms with Gasteiger partial charge in [-0.1, -0.05) is 12.1 Å². The number of fused-ring (bicyclic) bond motifs is 1. The fourth-order valence-electron chi connectivity index (χ4n) is 3.44. The molecule has 3 aromatic rings. The Labute approximate surface area is 161 Å². The van der Waals surface area contributed by atoms with Crippen molar-refractivity contribution in [2.75, 3.05) is 24.5 Å². The highest BCUT2D eigenvalue weighted by Crippen LogP contribution is 2.29. The van der Waals surface area contributed by atoms with Gasteiger partial charge < -0.3 is 16.4 Å². The third kappa shape index (κ3) is 4.26. The van der Waals surface area contributed by atoms with E-state index in [1.54, 1.807) is 0 Å². The molecule has 0 saturated heterocycles. The topological polar surface area (TPSA) is 81.1 Å². The van der Waals surface area contributed by atoms with E-state index in [4.69, 9.17) is 16.5 Å². The van der Waals surface area contributed by atoms with Crippen LogP contribution in [0.3, 0.4) is 0 Å². The van der Waals surface area contributed by atoms with Gasteiger partial charge in [-0.2, -0.15) is 0 Å². The van der Waals surface area contributed by atoms with Gasteiger partial charge in [0.1, 0.15) is 0 Å². The number of hydrogen-bond donors (Lipinski definition) is 2. The first-order valence-corrected chi connectivity index (χ1v) is 9.74. The Hall–Kier alpha value is -2.50. The second-order valence-electron chi connectivity index (χ2n) is 6.72. The third-order valence-corrected chi connectivity index (χ3v) is 4.99. The molecule has 27 heavy (non-hydrogen) atoms. The molecule has 0 aliphatic rings. The van der Waals surface area contributed by atoms with Crippen LogP contribution in [0.25, 0.3) is 22.2 Å². The predicted octanol–water partition coefficient (Wildman–Crippen LogP) is 3.88. The maximum atomic E-state index is 6.44. The lowest BCUT2D eigenvalue weighted by atomic mass is 10.0. The average molecular weight is 364 g/mol. The summed E-state index contributed by atoms with van der Waals surface area (Å²) in [6.07, 6.45) is 3.51. The van der Waals surface area contributed by atoms with Crippen molar-refractivity contribution < 1.29 is 0 Å². The molecule has 0 spiro atoms. The maximum absolute atomic E-state index is 6.44. The number of aromatic nitrogens is 2. The van der Waals surface area contributed by atoms with E-state index in [1.165, 1.54) is 5.69 Å². The largest absolute Gasteiger partial charge is 0.372 e. The Balaban J connectivity index is 2.01. The standard InChI is InChI=1S/C22H29N5/c1-3-27(4-2)17-11-9-16(10-12-17)20-15-21-18(7-6-14-25-21)22(26-20)19(24)8-5-13-23/h6-7,9-12,14-15,19H,3-5,8,13,23-24H2,1-2H3. The van der Waals surface area contributed by atoms with Crippen molar-refractivity contribution in [2.24, 2.45) is 11.5 Å². The molecule has 2 heterocycles. The quantitative estimate of drug-likeness (QED) is 0.635. The first kappa shape index (κ1) is 19.3. The van der Waals surface area contributed by atoms with Crippen LogP contribution >= 0.6 is 0 Å². The molecule has 0 amide bonds. The minimum atomic E-state index is -0.143. The van der Waals surface area contributed by atoms with Crippen LogP contribution in [0.4, 0.5) is 5.69 Å². The smallest absolute Gasteiger partial charge is 0.0742 e. The van der Waals surface area contributed by atoms with Crippen molar-refractivity contribution in [3.8, 4) is 11.3 Å². The van der Waals surface area contributed by atoms with Crippen molar-refractivity contribution in [3.05, 3.63) is 54.4 Å². The Morgan fingerprint density at radius 2 is 1.81 bits per heavy atom. The number of hydrogen-bond acceptors (Lipinski definition) is 5. The van der Waals surface area contributed by atoms with E-state index in [-0.39, 0.29) is 6.04 Å². The molecule has 0 saturated carbocycles.